The van der Waals surface area contributed by atoms with E-state index in [-0.39, 0.29) is 29.0 Å². The lowest BCUT2D eigenvalue weighted by Crippen LogP contribution is -2.16. The molecule has 0 saturated carbocycles. The van der Waals surface area contributed by atoms with E-state index in [1.807, 2.05) is 16.0 Å². The molecule has 9 nitrogen and oxygen atoms in total. The van der Waals surface area contributed by atoms with E-state index in [1.54, 1.807) is 18.2 Å². The van der Waals surface area contributed by atoms with Crippen molar-refractivity contribution in [3.63, 3.8) is 0 Å². The molecule has 176 valence electrons. The summed E-state index contributed by atoms with van der Waals surface area (Å²) in [6, 6.07) is 13.4. The third-order valence-corrected chi connectivity index (χ3v) is 7.24. The van der Waals surface area contributed by atoms with Crippen LogP contribution in [0.25, 0.3) is 16.2 Å². The van der Waals surface area contributed by atoms with Crippen LogP contribution in [0.3, 0.4) is 0 Å². The van der Waals surface area contributed by atoms with Gasteiger partial charge >= 0.3 is 0 Å². The lowest BCUT2D eigenvalue weighted by atomic mass is 10.2. The van der Waals surface area contributed by atoms with Gasteiger partial charge in [0.15, 0.2) is 4.96 Å². The van der Waals surface area contributed by atoms with E-state index in [9.17, 15) is 17.6 Å². The second kappa shape index (κ2) is 9.24. The number of carbonyl (C=O) groups is 1. The molecule has 1 amide bonds. The van der Waals surface area contributed by atoms with Crippen molar-refractivity contribution < 1.29 is 17.6 Å². The standard InChI is InChI=1S/C23H17FN6O3S2/c24-16-4-2-15(3-5-16)20-13-30-18(14-34-23(30)28-20)12-21(31)27-17-6-8-19(9-7-17)35(32,33)29-22-25-10-1-11-26-22/h1-11,13-14H,12H2,(H,27,31)(H,25,26,29). The molecule has 0 aliphatic heterocycles. The van der Waals surface area contributed by atoms with Crippen LogP contribution in [0.15, 0.2) is 83.5 Å². The zero-order valence-corrected chi connectivity index (χ0v) is 19.6. The van der Waals surface area contributed by atoms with Crippen LogP contribution in [0.4, 0.5) is 16.0 Å². The summed E-state index contributed by atoms with van der Waals surface area (Å²) in [7, 11) is -3.86. The van der Waals surface area contributed by atoms with E-state index in [0.29, 0.717) is 11.4 Å². The smallest absolute Gasteiger partial charge is 0.264 e. The number of carbonyl (C=O) groups excluding carboxylic acids is 1. The molecular formula is C23H17FN6O3S2. The van der Waals surface area contributed by atoms with Gasteiger partial charge in [-0.2, -0.15) is 0 Å². The van der Waals surface area contributed by atoms with Gasteiger partial charge in [-0.3, -0.25) is 9.20 Å². The number of thiazole rings is 1. The highest BCUT2D eigenvalue weighted by Gasteiger charge is 2.16. The molecule has 2 N–H and O–H groups in total. The van der Waals surface area contributed by atoms with Gasteiger partial charge in [-0.1, -0.05) is 0 Å². The number of imidazole rings is 1. The van der Waals surface area contributed by atoms with Crippen LogP contribution in [0.1, 0.15) is 5.69 Å². The molecule has 2 aromatic carbocycles. The van der Waals surface area contributed by atoms with Crippen LogP contribution in [0.5, 0.6) is 0 Å². The number of amides is 1. The van der Waals surface area contributed by atoms with E-state index < -0.39 is 10.0 Å². The first-order chi connectivity index (χ1) is 16.9. The summed E-state index contributed by atoms with van der Waals surface area (Å²) in [6.45, 7) is 0. The van der Waals surface area contributed by atoms with Gasteiger partial charge in [-0.15, -0.1) is 11.3 Å². The summed E-state index contributed by atoms with van der Waals surface area (Å²) in [5, 5.41) is 4.62. The predicted octanol–water partition coefficient (Wildman–Crippen LogP) is 3.97. The van der Waals surface area contributed by atoms with Gasteiger partial charge in [0.25, 0.3) is 10.0 Å². The molecule has 0 spiro atoms. The fourth-order valence-corrected chi connectivity index (χ4v) is 5.17. The highest BCUT2D eigenvalue weighted by atomic mass is 32.2. The molecule has 3 heterocycles. The predicted molar refractivity (Wildman–Crippen MR) is 130 cm³/mol. The van der Waals surface area contributed by atoms with Gasteiger partial charge in [0, 0.05) is 40.9 Å². The molecule has 5 rings (SSSR count). The van der Waals surface area contributed by atoms with Crippen molar-refractivity contribution in [2.75, 3.05) is 10.0 Å². The molecule has 5 aromatic rings. The van der Waals surface area contributed by atoms with Crippen LogP contribution < -0.4 is 10.0 Å². The molecular weight excluding hydrogens is 491 g/mol. The Kier molecular flexibility index (Phi) is 5.97. The lowest BCUT2D eigenvalue weighted by molar-refractivity contribution is -0.115. The molecule has 0 aliphatic carbocycles. The van der Waals surface area contributed by atoms with Crippen molar-refractivity contribution in [2.45, 2.75) is 11.3 Å². The largest absolute Gasteiger partial charge is 0.326 e. The van der Waals surface area contributed by atoms with Crippen molar-refractivity contribution in [3.8, 4) is 11.3 Å². The maximum absolute atomic E-state index is 13.2. The topological polar surface area (TPSA) is 118 Å². The number of nitrogens with one attached hydrogen (secondary N) is 2. The van der Waals surface area contributed by atoms with Crippen LogP contribution in [-0.2, 0) is 21.2 Å². The summed E-state index contributed by atoms with van der Waals surface area (Å²) in [5.41, 5.74) is 2.66. The number of nitrogens with zero attached hydrogens (tertiary/aromatic N) is 4. The highest BCUT2D eigenvalue weighted by Crippen LogP contribution is 2.24. The van der Waals surface area contributed by atoms with Crippen molar-refractivity contribution in [1.82, 2.24) is 19.4 Å². The van der Waals surface area contributed by atoms with Crippen molar-refractivity contribution in [2.24, 2.45) is 0 Å². The molecule has 0 unspecified atom stereocenters. The first kappa shape index (κ1) is 22.6. The number of sulfonamides is 1. The monoisotopic (exact) mass is 508 g/mol. The van der Waals surface area contributed by atoms with E-state index in [2.05, 4.69) is 25.0 Å². The zero-order valence-electron chi connectivity index (χ0n) is 17.9. The third kappa shape index (κ3) is 5.03. The van der Waals surface area contributed by atoms with E-state index in [0.717, 1.165) is 16.2 Å². The molecule has 0 atom stereocenters. The fourth-order valence-electron chi connectivity index (χ4n) is 3.33. The third-order valence-electron chi connectivity index (χ3n) is 5.00. The first-order valence-electron chi connectivity index (χ1n) is 10.3. The Balaban J connectivity index is 1.26. The van der Waals surface area contributed by atoms with E-state index in [4.69, 9.17) is 0 Å². The van der Waals surface area contributed by atoms with Gasteiger partial charge in [0.1, 0.15) is 5.82 Å². The SMILES string of the molecule is O=C(Cc1csc2nc(-c3ccc(F)cc3)cn12)Nc1ccc(S(=O)(=O)Nc2ncccn2)cc1. The number of rotatable bonds is 7. The molecule has 0 radical (unpaired) electrons. The fraction of sp³-hybridized carbons (Fsp3) is 0.0435. The Labute approximate surface area is 203 Å². The number of benzene rings is 2. The van der Waals surface area contributed by atoms with Crippen LogP contribution in [0, 0.1) is 5.82 Å². The van der Waals surface area contributed by atoms with Crippen molar-refractivity contribution in [3.05, 3.63) is 90.1 Å². The Morgan fingerprint density at radius 2 is 1.74 bits per heavy atom. The minimum absolute atomic E-state index is 0.00855. The second-order valence-corrected chi connectivity index (χ2v) is 9.96. The van der Waals surface area contributed by atoms with Gasteiger partial charge in [-0.25, -0.2) is 32.5 Å². The second-order valence-electron chi connectivity index (χ2n) is 7.44. The first-order valence-corrected chi connectivity index (χ1v) is 12.6. The molecule has 0 aliphatic rings. The Morgan fingerprint density at radius 3 is 2.46 bits per heavy atom. The Bertz CT molecular complexity index is 1600. The molecule has 0 fully saturated rings. The number of hydrogen-bond acceptors (Lipinski definition) is 7. The molecule has 3 aromatic heterocycles. The summed E-state index contributed by atoms with van der Waals surface area (Å²) < 4.78 is 42.3. The quantitative estimate of drug-likeness (QED) is 0.343. The number of anilines is 2. The van der Waals surface area contributed by atoms with Gasteiger partial charge in [-0.05, 0) is 54.6 Å². The molecule has 35 heavy (non-hydrogen) atoms. The Morgan fingerprint density at radius 1 is 1.03 bits per heavy atom. The lowest BCUT2D eigenvalue weighted by Gasteiger charge is -2.08. The average Bonchev–Trinajstić information content (AvgIpc) is 3.42. The number of aromatic nitrogens is 4. The molecule has 12 heteroatoms. The van der Waals surface area contributed by atoms with Gasteiger partial charge in [0.05, 0.1) is 17.0 Å². The van der Waals surface area contributed by atoms with Crippen LogP contribution in [0.2, 0.25) is 0 Å². The summed E-state index contributed by atoms with van der Waals surface area (Å²) in [4.78, 5) is 25.6. The maximum atomic E-state index is 13.2. The minimum atomic E-state index is -3.86. The average molecular weight is 509 g/mol. The van der Waals surface area contributed by atoms with Crippen LogP contribution in [-0.4, -0.2) is 33.7 Å². The summed E-state index contributed by atoms with van der Waals surface area (Å²) in [6.07, 6.45) is 4.76. The molecule has 0 saturated heterocycles. The van der Waals surface area contributed by atoms with E-state index in [1.165, 1.54) is 60.1 Å². The normalized spacial score (nSPS) is 11.5. The van der Waals surface area contributed by atoms with Gasteiger partial charge < -0.3 is 5.32 Å². The van der Waals surface area contributed by atoms with Crippen LogP contribution >= 0.6 is 11.3 Å². The number of fused-ring (bicyclic) bond motifs is 1. The molecule has 0 bridgehead atoms. The number of halogens is 1. The minimum Gasteiger partial charge on any atom is -0.326 e. The zero-order chi connectivity index (χ0) is 24.4. The van der Waals surface area contributed by atoms with Gasteiger partial charge in [0.2, 0.25) is 11.9 Å². The maximum Gasteiger partial charge on any atom is 0.264 e. The summed E-state index contributed by atoms with van der Waals surface area (Å²) in [5.74, 6) is -0.624. The summed E-state index contributed by atoms with van der Waals surface area (Å²) >= 11 is 1.40. The van der Waals surface area contributed by atoms with Crippen molar-refractivity contribution in [1.29, 1.82) is 0 Å². The van der Waals surface area contributed by atoms with E-state index >= 15 is 0 Å². The Hall–Kier alpha value is -4.16. The highest BCUT2D eigenvalue weighted by molar-refractivity contribution is 7.92. The number of hydrogen-bond donors (Lipinski definition) is 2. The van der Waals surface area contributed by atoms with Crippen molar-refractivity contribution >= 4 is 43.9 Å².